The SMILES string of the molecule is CC(C)(CNC(=O)C(=O)O)c1ccc2c(c1)OCO2. The minimum Gasteiger partial charge on any atom is -0.474 e. The van der Waals surface area contributed by atoms with Gasteiger partial charge in [-0.15, -0.1) is 0 Å². The van der Waals surface area contributed by atoms with E-state index in [9.17, 15) is 9.59 Å². The number of carbonyl (C=O) groups is 2. The Labute approximate surface area is 110 Å². The minimum atomic E-state index is -1.48. The molecule has 0 spiro atoms. The quantitative estimate of drug-likeness (QED) is 0.793. The number of hydrogen-bond acceptors (Lipinski definition) is 4. The van der Waals surface area contributed by atoms with Gasteiger partial charge in [0.25, 0.3) is 0 Å². The van der Waals surface area contributed by atoms with Crippen LogP contribution in [0.15, 0.2) is 18.2 Å². The van der Waals surface area contributed by atoms with Gasteiger partial charge in [0, 0.05) is 12.0 Å². The number of rotatable bonds is 3. The number of carbonyl (C=O) groups excluding carboxylic acids is 1. The molecule has 1 aromatic rings. The molecular formula is C13H15NO5. The van der Waals surface area contributed by atoms with Crippen LogP contribution in [0.1, 0.15) is 19.4 Å². The summed E-state index contributed by atoms with van der Waals surface area (Å²) in [6.45, 7) is 4.24. The molecule has 0 radical (unpaired) electrons. The molecule has 6 heteroatoms. The molecule has 6 nitrogen and oxygen atoms in total. The Morgan fingerprint density at radius 2 is 2.00 bits per heavy atom. The number of benzene rings is 1. The van der Waals surface area contributed by atoms with Crippen LogP contribution in [0.3, 0.4) is 0 Å². The van der Waals surface area contributed by atoms with Crippen LogP contribution >= 0.6 is 0 Å². The molecular weight excluding hydrogens is 250 g/mol. The summed E-state index contributed by atoms with van der Waals surface area (Å²) >= 11 is 0. The number of aliphatic carboxylic acids is 1. The molecule has 2 rings (SSSR count). The minimum absolute atomic E-state index is 0.203. The van der Waals surface area contributed by atoms with Gasteiger partial charge in [-0.1, -0.05) is 19.9 Å². The lowest BCUT2D eigenvalue weighted by molar-refractivity contribution is -0.150. The number of amides is 1. The number of carboxylic acid groups (broad SMARTS) is 1. The van der Waals surface area contributed by atoms with E-state index in [0.717, 1.165) is 5.56 Å². The van der Waals surface area contributed by atoms with Gasteiger partial charge in [-0.25, -0.2) is 4.79 Å². The van der Waals surface area contributed by atoms with Gasteiger partial charge in [0.05, 0.1) is 0 Å². The van der Waals surface area contributed by atoms with Gasteiger partial charge in [-0.05, 0) is 17.7 Å². The highest BCUT2D eigenvalue weighted by molar-refractivity contribution is 6.31. The average Bonchev–Trinajstić information content (AvgIpc) is 2.82. The van der Waals surface area contributed by atoms with E-state index in [1.54, 1.807) is 6.07 Å². The molecule has 0 aromatic heterocycles. The summed E-state index contributed by atoms with van der Waals surface area (Å²) in [4.78, 5) is 21.5. The molecule has 0 atom stereocenters. The summed E-state index contributed by atoms with van der Waals surface area (Å²) in [6.07, 6.45) is 0. The first-order valence-electron chi connectivity index (χ1n) is 5.81. The first-order chi connectivity index (χ1) is 8.90. The van der Waals surface area contributed by atoms with Crippen LogP contribution in [0.5, 0.6) is 11.5 Å². The summed E-state index contributed by atoms with van der Waals surface area (Å²) in [6, 6.07) is 5.52. The van der Waals surface area contributed by atoms with Crippen LogP contribution in [0.4, 0.5) is 0 Å². The van der Waals surface area contributed by atoms with Gasteiger partial charge in [0.1, 0.15) is 0 Å². The molecule has 0 unspecified atom stereocenters. The van der Waals surface area contributed by atoms with Gasteiger partial charge in [0.2, 0.25) is 6.79 Å². The van der Waals surface area contributed by atoms with Crippen molar-refractivity contribution in [3.05, 3.63) is 23.8 Å². The number of hydrogen-bond donors (Lipinski definition) is 2. The predicted molar refractivity (Wildman–Crippen MR) is 66.2 cm³/mol. The third-order valence-corrected chi connectivity index (χ3v) is 3.04. The van der Waals surface area contributed by atoms with Crippen molar-refractivity contribution >= 4 is 11.9 Å². The number of ether oxygens (including phenoxy) is 2. The maximum absolute atomic E-state index is 11.1. The highest BCUT2D eigenvalue weighted by Crippen LogP contribution is 2.36. The van der Waals surface area contributed by atoms with Gasteiger partial charge in [-0.2, -0.15) is 0 Å². The van der Waals surface area contributed by atoms with Gasteiger partial charge in [0.15, 0.2) is 11.5 Å². The normalized spacial score (nSPS) is 13.2. The topological polar surface area (TPSA) is 84.9 Å². The van der Waals surface area contributed by atoms with Crippen molar-refractivity contribution < 1.29 is 24.2 Å². The third-order valence-electron chi connectivity index (χ3n) is 3.04. The molecule has 0 bridgehead atoms. The molecule has 102 valence electrons. The van der Waals surface area contributed by atoms with Crippen LogP contribution in [-0.2, 0) is 15.0 Å². The Bertz CT molecular complexity index is 524. The van der Waals surface area contributed by atoms with E-state index in [1.165, 1.54) is 0 Å². The van der Waals surface area contributed by atoms with E-state index in [2.05, 4.69) is 5.32 Å². The Kier molecular flexibility index (Phi) is 3.33. The fraction of sp³-hybridized carbons (Fsp3) is 0.385. The van der Waals surface area contributed by atoms with E-state index in [-0.39, 0.29) is 13.3 Å². The third kappa shape index (κ3) is 2.78. The molecule has 1 aromatic carbocycles. The number of carboxylic acids is 1. The summed E-state index contributed by atoms with van der Waals surface area (Å²) in [5.41, 5.74) is 0.522. The van der Waals surface area contributed by atoms with E-state index < -0.39 is 17.3 Å². The van der Waals surface area contributed by atoms with E-state index in [0.29, 0.717) is 11.5 Å². The monoisotopic (exact) mass is 265 g/mol. The van der Waals surface area contributed by atoms with Crippen LogP contribution in [0.2, 0.25) is 0 Å². The standard InChI is InChI=1S/C13H15NO5/c1-13(2,6-14-11(15)12(16)17)8-3-4-9-10(5-8)19-7-18-9/h3-5H,6-7H2,1-2H3,(H,14,15)(H,16,17). The molecule has 2 N–H and O–H groups in total. The zero-order valence-corrected chi connectivity index (χ0v) is 10.7. The zero-order valence-electron chi connectivity index (χ0n) is 10.7. The Hall–Kier alpha value is -2.24. The number of nitrogens with one attached hydrogen (secondary N) is 1. The van der Waals surface area contributed by atoms with Crippen molar-refractivity contribution in [1.82, 2.24) is 5.32 Å². The Morgan fingerprint density at radius 3 is 2.68 bits per heavy atom. The molecule has 0 saturated heterocycles. The lowest BCUT2D eigenvalue weighted by atomic mass is 9.84. The van der Waals surface area contributed by atoms with Crippen molar-refractivity contribution in [2.24, 2.45) is 0 Å². The second-order valence-corrected chi connectivity index (χ2v) is 4.94. The predicted octanol–water partition coefficient (Wildman–Crippen LogP) is 0.894. The summed E-state index contributed by atoms with van der Waals surface area (Å²) in [5.74, 6) is -1.14. The summed E-state index contributed by atoms with van der Waals surface area (Å²) < 4.78 is 10.5. The molecule has 1 aliphatic heterocycles. The van der Waals surface area contributed by atoms with E-state index in [4.69, 9.17) is 14.6 Å². The fourth-order valence-electron chi connectivity index (χ4n) is 1.80. The summed E-state index contributed by atoms with van der Waals surface area (Å²) in [5, 5.41) is 10.9. The lowest BCUT2D eigenvalue weighted by Crippen LogP contribution is -2.39. The molecule has 1 heterocycles. The Morgan fingerprint density at radius 1 is 1.32 bits per heavy atom. The second kappa shape index (κ2) is 4.79. The van der Waals surface area contributed by atoms with E-state index in [1.807, 2.05) is 26.0 Å². The molecule has 1 aliphatic rings. The van der Waals surface area contributed by atoms with Gasteiger partial charge >= 0.3 is 11.9 Å². The van der Waals surface area contributed by atoms with Crippen LogP contribution < -0.4 is 14.8 Å². The first-order valence-corrected chi connectivity index (χ1v) is 5.81. The molecule has 0 saturated carbocycles. The Balaban J connectivity index is 2.11. The first kappa shape index (κ1) is 13.2. The molecule has 0 fully saturated rings. The molecule has 0 aliphatic carbocycles. The number of fused-ring (bicyclic) bond motifs is 1. The molecule has 1 amide bonds. The second-order valence-electron chi connectivity index (χ2n) is 4.94. The van der Waals surface area contributed by atoms with Crippen molar-refractivity contribution in [3.63, 3.8) is 0 Å². The van der Waals surface area contributed by atoms with Crippen molar-refractivity contribution in [1.29, 1.82) is 0 Å². The van der Waals surface area contributed by atoms with Crippen molar-refractivity contribution in [2.75, 3.05) is 13.3 Å². The molecule has 19 heavy (non-hydrogen) atoms. The van der Waals surface area contributed by atoms with E-state index >= 15 is 0 Å². The summed E-state index contributed by atoms with van der Waals surface area (Å²) in [7, 11) is 0. The average molecular weight is 265 g/mol. The highest BCUT2D eigenvalue weighted by atomic mass is 16.7. The zero-order chi connectivity index (χ0) is 14.0. The van der Waals surface area contributed by atoms with Gasteiger partial charge < -0.3 is 19.9 Å². The highest BCUT2D eigenvalue weighted by Gasteiger charge is 2.25. The van der Waals surface area contributed by atoms with Crippen LogP contribution in [0, 0.1) is 0 Å². The van der Waals surface area contributed by atoms with Crippen molar-refractivity contribution in [3.8, 4) is 11.5 Å². The maximum Gasteiger partial charge on any atom is 0.394 e. The van der Waals surface area contributed by atoms with Gasteiger partial charge in [-0.3, -0.25) is 4.79 Å². The smallest absolute Gasteiger partial charge is 0.394 e. The van der Waals surface area contributed by atoms with Crippen LogP contribution in [-0.4, -0.2) is 30.3 Å². The van der Waals surface area contributed by atoms with Crippen molar-refractivity contribution in [2.45, 2.75) is 19.3 Å². The largest absolute Gasteiger partial charge is 0.474 e. The lowest BCUT2D eigenvalue weighted by Gasteiger charge is -2.25. The maximum atomic E-state index is 11.1. The van der Waals surface area contributed by atoms with Crippen LogP contribution in [0.25, 0.3) is 0 Å². The fourth-order valence-corrected chi connectivity index (χ4v) is 1.80.